The first-order chi connectivity index (χ1) is 16.0. The number of likely N-dealkylation sites (tertiary alicyclic amines) is 1. The lowest BCUT2D eigenvalue weighted by molar-refractivity contribution is -0.137. The highest BCUT2D eigenvalue weighted by Gasteiger charge is 2.55. The molecule has 1 aromatic heterocycles. The fourth-order valence-electron chi connectivity index (χ4n) is 5.05. The van der Waals surface area contributed by atoms with E-state index in [1.54, 1.807) is 0 Å². The number of aromatic nitrogens is 2. The lowest BCUT2D eigenvalue weighted by atomic mass is 9.60. The van der Waals surface area contributed by atoms with Crippen molar-refractivity contribution in [2.75, 3.05) is 13.1 Å². The summed E-state index contributed by atoms with van der Waals surface area (Å²) in [6.45, 7) is 2.17. The van der Waals surface area contributed by atoms with Crippen molar-refractivity contribution >= 4 is 5.91 Å². The number of halogens is 5. The number of hydrogen-bond donors (Lipinski definition) is 1. The summed E-state index contributed by atoms with van der Waals surface area (Å²) in [6, 6.07) is 6.76. The highest BCUT2D eigenvalue weighted by atomic mass is 19.4. The van der Waals surface area contributed by atoms with Crippen LogP contribution in [-0.2, 0) is 6.18 Å². The Morgan fingerprint density at radius 3 is 2.41 bits per heavy atom. The Kier molecular flexibility index (Phi) is 4.96. The molecule has 1 spiro atoms. The predicted octanol–water partition coefficient (Wildman–Crippen LogP) is 5.34. The van der Waals surface area contributed by atoms with Gasteiger partial charge >= 0.3 is 6.18 Å². The van der Waals surface area contributed by atoms with Crippen LogP contribution in [0.25, 0.3) is 11.3 Å². The van der Waals surface area contributed by atoms with Crippen molar-refractivity contribution in [3.05, 3.63) is 70.9 Å². The zero-order chi connectivity index (χ0) is 24.4. The van der Waals surface area contributed by atoms with Gasteiger partial charge in [0.15, 0.2) is 0 Å². The molecule has 2 aliphatic rings. The number of nitrogens with zero attached hydrogens (tertiary/aromatic N) is 3. The lowest BCUT2D eigenvalue weighted by Crippen LogP contribution is -2.64. The molecule has 1 N–H and O–H groups in total. The molecule has 0 atom stereocenters. The number of alkyl halides is 3. The topological polar surface area (TPSA) is 58.4 Å². The van der Waals surface area contributed by atoms with Crippen molar-refractivity contribution in [1.29, 1.82) is 0 Å². The van der Waals surface area contributed by atoms with E-state index in [1.807, 2.05) is 0 Å². The van der Waals surface area contributed by atoms with Crippen LogP contribution in [0, 0.1) is 24.0 Å². The first-order valence-electron chi connectivity index (χ1n) is 10.7. The number of phenolic OH excluding ortho intramolecular Hbond substituents is 1. The van der Waals surface area contributed by atoms with E-state index in [0.717, 1.165) is 30.5 Å². The van der Waals surface area contributed by atoms with Crippen molar-refractivity contribution < 1.29 is 31.9 Å². The fraction of sp³-hybridized carbons (Fsp3) is 0.333. The SMILES string of the molecule is Cc1cc(-c2c(C(F)(F)F)cnn2C2CC3(C2)CN(C(=O)c2cc(O)ccc2F)C3)ccc1F. The van der Waals surface area contributed by atoms with Gasteiger partial charge in [-0.1, -0.05) is 0 Å². The van der Waals surface area contributed by atoms with Crippen molar-refractivity contribution in [3.63, 3.8) is 0 Å². The van der Waals surface area contributed by atoms with Gasteiger partial charge in [-0.2, -0.15) is 18.3 Å². The average molecular weight is 477 g/mol. The molecule has 178 valence electrons. The molecule has 5 rings (SSSR count). The van der Waals surface area contributed by atoms with Gasteiger partial charge in [0.2, 0.25) is 0 Å². The van der Waals surface area contributed by atoms with Crippen LogP contribution in [0.15, 0.2) is 42.6 Å². The first-order valence-corrected chi connectivity index (χ1v) is 10.7. The minimum atomic E-state index is -4.62. The summed E-state index contributed by atoms with van der Waals surface area (Å²) in [5.41, 5.74) is -1.02. The Bertz CT molecular complexity index is 1290. The first kappa shape index (κ1) is 22.4. The predicted molar refractivity (Wildman–Crippen MR) is 112 cm³/mol. The zero-order valence-corrected chi connectivity index (χ0v) is 18.0. The monoisotopic (exact) mass is 477 g/mol. The molecule has 0 bridgehead atoms. The molecule has 2 heterocycles. The minimum Gasteiger partial charge on any atom is -0.508 e. The second kappa shape index (κ2) is 7.54. The fourth-order valence-corrected chi connectivity index (χ4v) is 5.05. The van der Waals surface area contributed by atoms with Crippen LogP contribution < -0.4 is 0 Å². The molecule has 5 nitrogen and oxygen atoms in total. The van der Waals surface area contributed by atoms with Gasteiger partial charge < -0.3 is 10.0 Å². The highest BCUT2D eigenvalue weighted by Crippen LogP contribution is 2.55. The molecule has 1 aliphatic heterocycles. The summed E-state index contributed by atoms with van der Waals surface area (Å²) in [6.07, 6.45) is -2.82. The highest BCUT2D eigenvalue weighted by molar-refractivity contribution is 5.95. The number of carbonyl (C=O) groups excluding carboxylic acids is 1. The zero-order valence-electron chi connectivity index (χ0n) is 18.0. The number of benzene rings is 2. The number of hydrogen-bond acceptors (Lipinski definition) is 3. The molecular weight excluding hydrogens is 457 g/mol. The number of phenols is 1. The van der Waals surface area contributed by atoms with Gasteiger partial charge in [-0.3, -0.25) is 9.48 Å². The van der Waals surface area contributed by atoms with E-state index in [-0.39, 0.29) is 39.6 Å². The van der Waals surface area contributed by atoms with Crippen LogP contribution >= 0.6 is 0 Å². The Labute approximate surface area is 191 Å². The van der Waals surface area contributed by atoms with E-state index >= 15 is 0 Å². The molecule has 34 heavy (non-hydrogen) atoms. The summed E-state index contributed by atoms with van der Waals surface area (Å²) >= 11 is 0. The lowest BCUT2D eigenvalue weighted by Gasteiger charge is -2.59. The second-order valence-electron chi connectivity index (χ2n) is 9.20. The summed E-state index contributed by atoms with van der Waals surface area (Å²) in [5.74, 6) is -1.99. The van der Waals surface area contributed by atoms with Crippen LogP contribution in [-0.4, -0.2) is 38.8 Å². The largest absolute Gasteiger partial charge is 0.508 e. The van der Waals surface area contributed by atoms with Crippen molar-refractivity contribution in [2.45, 2.75) is 32.0 Å². The molecule has 3 aromatic rings. The van der Waals surface area contributed by atoms with Crippen molar-refractivity contribution in [2.24, 2.45) is 5.41 Å². The summed E-state index contributed by atoms with van der Waals surface area (Å²) in [4.78, 5) is 14.1. The molecule has 1 aliphatic carbocycles. The molecule has 1 saturated carbocycles. The van der Waals surface area contributed by atoms with E-state index in [0.29, 0.717) is 25.9 Å². The van der Waals surface area contributed by atoms with Crippen LogP contribution in [0.4, 0.5) is 22.0 Å². The number of aromatic hydroxyl groups is 1. The van der Waals surface area contributed by atoms with Gasteiger partial charge in [-0.25, -0.2) is 8.78 Å². The quantitative estimate of drug-likeness (QED) is 0.519. The molecule has 0 radical (unpaired) electrons. The smallest absolute Gasteiger partial charge is 0.420 e. The van der Waals surface area contributed by atoms with Gasteiger partial charge in [0.1, 0.15) is 22.9 Å². The van der Waals surface area contributed by atoms with Crippen molar-refractivity contribution in [1.82, 2.24) is 14.7 Å². The molecule has 1 saturated heterocycles. The van der Waals surface area contributed by atoms with Gasteiger partial charge in [-0.15, -0.1) is 0 Å². The molecule has 10 heteroatoms. The normalized spacial score (nSPS) is 17.5. The number of rotatable bonds is 3. The van der Waals surface area contributed by atoms with E-state index in [9.17, 15) is 31.9 Å². The minimum absolute atomic E-state index is 0.107. The molecular formula is C24H20F5N3O2. The summed E-state index contributed by atoms with van der Waals surface area (Å²) in [5, 5.41) is 13.6. The Morgan fingerprint density at radius 2 is 1.76 bits per heavy atom. The standard InChI is InChI=1S/C24H20F5N3O2/c1-13-6-14(2-4-19(13)25)21-18(24(27,28)29)10-30-32(21)15-8-23(9-15)11-31(12-23)22(34)17-7-16(33)3-5-20(17)26/h2-7,10,15,33H,8-9,11-12H2,1H3. The van der Waals surface area contributed by atoms with Gasteiger partial charge in [0.05, 0.1) is 23.5 Å². The van der Waals surface area contributed by atoms with Gasteiger partial charge in [0.25, 0.3) is 5.91 Å². The molecule has 0 unspecified atom stereocenters. The van der Waals surface area contributed by atoms with Crippen LogP contribution in [0.2, 0.25) is 0 Å². The average Bonchev–Trinajstić information content (AvgIpc) is 3.15. The van der Waals surface area contributed by atoms with E-state index in [2.05, 4.69) is 5.10 Å². The molecule has 1 amide bonds. The molecule has 2 aromatic carbocycles. The maximum atomic E-state index is 14.0. The third-order valence-corrected chi connectivity index (χ3v) is 6.74. The van der Waals surface area contributed by atoms with E-state index < -0.39 is 29.3 Å². The van der Waals surface area contributed by atoms with Gasteiger partial charge in [-0.05, 0) is 61.7 Å². The summed E-state index contributed by atoms with van der Waals surface area (Å²) < 4.78 is 70.1. The summed E-state index contributed by atoms with van der Waals surface area (Å²) in [7, 11) is 0. The van der Waals surface area contributed by atoms with Crippen LogP contribution in [0.3, 0.4) is 0 Å². The number of aryl methyl sites for hydroxylation is 1. The van der Waals surface area contributed by atoms with Crippen molar-refractivity contribution in [3.8, 4) is 17.0 Å². The van der Waals surface area contributed by atoms with E-state index in [1.165, 1.54) is 28.6 Å². The second-order valence-corrected chi connectivity index (χ2v) is 9.20. The maximum absolute atomic E-state index is 14.0. The third kappa shape index (κ3) is 3.61. The third-order valence-electron chi connectivity index (χ3n) is 6.74. The van der Waals surface area contributed by atoms with E-state index in [4.69, 9.17) is 0 Å². The number of carbonyl (C=O) groups is 1. The maximum Gasteiger partial charge on any atom is 0.420 e. The Hall–Kier alpha value is -3.43. The van der Waals surface area contributed by atoms with Crippen LogP contribution in [0.1, 0.15) is 40.4 Å². The van der Waals surface area contributed by atoms with Gasteiger partial charge in [0, 0.05) is 24.1 Å². The Balaban J connectivity index is 1.35. The van der Waals surface area contributed by atoms with Crippen LogP contribution in [0.5, 0.6) is 5.75 Å². The number of amides is 1. The molecule has 2 fully saturated rings. The Morgan fingerprint density at radius 1 is 1.09 bits per heavy atom.